The van der Waals surface area contributed by atoms with E-state index in [1.807, 2.05) is 66.7 Å². The Morgan fingerprint density at radius 3 is 2.53 bits per heavy atom. The Kier molecular flexibility index (Phi) is 6.74. The number of benzene rings is 2. The van der Waals surface area contributed by atoms with Crippen LogP contribution in [0.15, 0.2) is 76.1 Å². The molecule has 0 radical (unpaired) electrons. The molecule has 0 bridgehead atoms. The van der Waals surface area contributed by atoms with Crippen LogP contribution in [-0.2, 0) is 22.6 Å². The fraction of sp³-hybridized carbons (Fsp3) is 0.167. The van der Waals surface area contributed by atoms with Crippen LogP contribution in [0.5, 0.6) is 0 Å². The molecule has 4 rings (SSSR count). The van der Waals surface area contributed by atoms with E-state index in [9.17, 15) is 9.59 Å². The number of thiol groups is 1. The Bertz CT molecular complexity index is 1140. The number of carbonyl (C=O) groups is 2. The quantitative estimate of drug-likeness (QED) is 0.356. The summed E-state index contributed by atoms with van der Waals surface area (Å²) in [7, 11) is 0. The fourth-order valence-electron chi connectivity index (χ4n) is 3.36. The van der Waals surface area contributed by atoms with Crippen molar-refractivity contribution in [3.63, 3.8) is 0 Å². The third kappa shape index (κ3) is 5.09. The van der Waals surface area contributed by atoms with Crippen LogP contribution >= 0.6 is 24.4 Å². The van der Waals surface area contributed by atoms with Gasteiger partial charge in [0.25, 0.3) is 5.91 Å². The highest BCUT2D eigenvalue weighted by molar-refractivity contribution is 8.14. The predicted molar refractivity (Wildman–Crippen MR) is 129 cm³/mol. The normalized spacial score (nSPS) is 18.3. The number of carbonyl (C=O) groups excluding carboxylic acids is 1. The molecule has 1 saturated heterocycles. The van der Waals surface area contributed by atoms with E-state index in [0.29, 0.717) is 23.0 Å². The zero-order chi connectivity index (χ0) is 22.7. The van der Waals surface area contributed by atoms with Gasteiger partial charge in [-0.2, -0.15) is 0 Å². The predicted octanol–water partition coefficient (Wildman–Crippen LogP) is 4.23. The van der Waals surface area contributed by atoms with E-state index in [1.54, 1.807) is 11.0 Å². The second-order valence-electron chi connectivity index (χ2n) is 7.42. The number of hydrogen-bond donors (Lipinski definition) is 3. The Morgan fingerprint density at radius 1 is 1.12 bits per heavy atom. The maximum absolute atomic E-state index is 12.9. The van der Waals surface area contributed by atoms with Crippen LogP contribution in [0.2, 0.25) is 0 Å². The van der Waals surface area contributed by atoms with Crippen LogP contribution in [0.25, 0.3) is 17.4 Å². The number of amides is 1. The topological polar surface area (TPSA) is 96.8 Å². The van der Waals surface area contributed by atoms with Gasteiger partial charge in [0, 0.05) is 18.2 Å². The van der Waals surface area contributed by atoms with Gasteiger partial charge in [-0.05, 0) is 29.7 Å². The average molecular weight is 467 g/mol. The second kappa shape index (κ2) is 9.68. The largest absolute Gasteiger partial charge is 0.480 e. The molecule has 1 aliphatic heterocycles. The van der Waals surface area contributed by atoms with Gasteiger partial charge in [0.05, 0.1) is 4.91 Å². The summed E-state index contributed by atoms with van der Waals surface area (Å²) >= 11 is 5.95. The number of carboxylic acids is 1. The summed E-state index contributed by atoms with van der Waals surface area (Å²) in [6.07, 6.45) is 2.00. The molecule has 0 aliphatic carbocycles. The number of hydrogen-bond acceptors (Lipinski definition) is 6. The Morgan fingerprint density at radius 2 is 1.84 bits per heavy atom. The highest BCUT2D eigenvalue weighted by Crippen LogP contribution is 2.39. The maximum Gasteiger partial charge on any atom is 0.320 e. The first-order valence-electron chi connectivity index (χ1n) is 9.99. The van der Waals surface area contributed by atoms with Gasteiger partial charge in [-0.15, -0.1) is 12.6 Å². The molecule has 2 atom stereocenters. The lowest BCUT2D eigenvalue weighted by Gasteiger charge is -2.19. The molecule has 164 valence electrons. The van der Waals surface area contributed by atoms with Crippen molar-refractivity contribution in [2.45, 2.75) is 23.7 Å². The average Bonchev–Trinajstić information content (AvgIpc) is 3.35. The molecule has 1 fully saturated rings. The van der Waals surface area contributed by atoms with Gasteiger partial charge < -0.3 is 20.2 Å². The van der Waals surface area contributed by atoms with Gasteiger partial charge in [0.2, 0.25) is 0 Å². The van der Waals surface area contributed by atoms with Crippen molar-refractivity contribution in [2.75, 3.05) is 0 Å². The Labute approximate surface area is 195 Å². The lowest BCUT2D eigenvalue weighted by molar-refractivity contribution is -0.138. The van der Waals surface area contributed by atoms with Crippen molar-refractivity contribution in [3.05, 3.63) is 88.5 Å². The summed E-state index contributed by atoms with van der Waals surface area (Å²) in [5.41, 5.74) is 8.33. The van der Waals surface area contributed by atoms with Crippen LogP contribution in [0.4, 0.5) is 0 Å². The number of aliphatic carboxylic acids is 1. The number of carboxylic acid groups (broad SMARTS) is 1. The molecule has 32 heavy (non-hydrogen) atoms. The molecule has 0 spiro atoms. The summed E-state index contributed by atoms with van der Waals surface area (Å²) in [5, 5.41) is 8.94. The summed E-state index contributed by atoms with van der Waals surface area (Å²) in [6.45, 7) is 0.499. The van der Waals surface area contributed by atoms with Gasteiger partial charge in [-0.25, -0.2) is 0 Å². The van der Waals surface area contributed by atoms with Gasteiger partial charge in [-0.3, -0.25) is 9.59 Å². The van der Waals surface area contributed by atoms with Crippen LogP contribution < -0.4 is 5.73 Å². The van der Waals surface area contributed by atoms with Gasteiger partial charge in [-0.1, -0.05) is 66.4 Å². The highest BCUT2D eigenvalue weighted by Gasteiger charge is 2.34. The zero-order valence-corrected chi connectivity index (χ0v) is 18.8. The zero-order valence-electron chi connectivity index (χ0n) is 17.0. The lowest BCUT2D eigenvalue weighted by Crippen LogP contribution is -2.32. The van der Waals surface area contributed by atoms with E-state index in [4.69, 9.17) is 15.3 Å². The van der Waals surface area contributed by atoms with Crippen LogP contribution in [0.3, 0.4) is 0 Å². The van der Waals surface area contributed by atoms with E-state index in [1.165, 1.54) is 11.8 Å². The van der Waals surface area contributed by atoms with E-state index in [2.05, 4.69) is 12.6 Å². The summed E-state index contributed by atoms with van der Waals surface area (Å²) in [6, 6.07) is 19.9. The molecule has 1 aromatic heterocycles. The molecular weight excluding hydrogens is 444 g/mol. The second-order valence-corrected chi connectivity index (χ2v) is 9.38. The molecular formula is C24H22N2O4S2. The summed E-state index contributed by atoms with van der Waals surface area (Å²) < 4.78 is 5.67. The molecule has 3 aromatic rings. The van der Waals surface area contributed by atoms with Crippen molar-refractivity contribution < 1.29 is 19.1 Å². The van der Waals surface area contributed by atoms with Crippen LogP contribution in [-0.4, -0.2) is 32.6 Å². The molecule has 6 nitrogen and oxygen atoms in total. The SMILES string of the molecule is N[C@@H](Cc1ccc(-c2ccc(/C=C3\S[C@H](S)N(Cc4ccccc4)C3=O)o2)cc1)C(=O)O. The highest BCUT2D eigenvalue weighted by atomic mass is 32.2. The minimum absolute atomic E-state index is 0.0732. The minimum Gasteiger partial charge on any atom is -0.480 e. The van der Waals surface area contributed by atoms with Crippen molar-refractivity contribution in [2.24, 2.45) is 5.73 Å². The van der Waals surface area contributed by atoms with E-state index in [0.717, 1.165) is 16.7 Å². The van der Waals surface area contributed by atoms with Gasteiger partial charge in [0.1, 0.15) is 22.3 Å². The summed E-state index contributed by atoms with van der Waals surface area (Å²) in [4.78, 5) is 26.1. The van der Waals surface area contributed by atoms with Crippen molar-refractivity contribution >= 4 is 42.3 Å². The molecule has 2 aromatic carbocycles. The third-order valence-electron chi connectivity index (χ3n) is 5.08. The molecule has 2 heterocycles. The van der Waals surface area contributed by atoms with Gasteiger partial charge >= 0.3 is 5.97 Å². The molecule has 8 heteroatoms. The first kappa shape index (κ1) is 22.3. The minimum atomic E-state index is -1.03. The van der Waals surface area contributed by atoms with Crippen LogP contribution in [0, 0.1) is 0 Å². The maximum atomic E-state index is 12.9. The van der Waals surface area contributed by atoms with Gasteiger partial charge in [0.15, 0.2) is 0 Å². The number of furan rings is 1. The van der Waals surface area contributed by atoms with Crippen molar-refractivity contribution in [1.82, 2.24) is 4.90 Å². The smallest absolute Gasteiger partial charge is 0.320 e. The molecule has 1 amide bonds. The van der Waals surface area contributed by atoms with Crippen LogP contribution in [0.1, 0.15) is 16.9 Å². The Balaban J connectivity index is 1.45. The molecule has 0 unspecified atom stereocenters. The molecule has 0 saturated carbocycles. The number of nitrogens with zero attached hydrogens (tertiary/aromatic N) is 1. The van der Waals surface area contributed by atoms with Crippen molar-refractivity contribution in [3.8, 4) is 11.3 Å². The lowest BCUT2D eigenvalue weighted by atomic mass is 10.0. The van der Waals surface area contributed by atoms with Crippen molar-refractivity contribution in [1.29, 1.82) is 0 Å². The standard InChI is InChI=1S/C24H22N2O4S2/c25-19(23(28)29)12-15-6-8-17(9-7-15)20-11-10-18(30-20)13-21-22(27)26(24(31)32-21)14-16-4-2-1-3-5-16/h1-11,13,19,24,31H,12,14,25H2,(H,28,29)/b21-13-/t19-,24-/m0/s1. The van der Waals surface area contributed by atoms with E-state index >= 15 is 0 Å². The fourth-order valence-corrected chi connectivity index (χ4v) is 4.81. The third-order valence-corrected chi connectivity index (χ3v) is 6.68. The monoisotopic (exact) mass is 466 g/mol. The number of rotatable bonds is 7. The first-order chi connectivity index (χ1) is 15.4. The van der Waals surface area contributed by atoms with E-state index in [-0.39, 0.29) is 17.0 Å². The summed E-state index contributed by atoms with van der Waals surface area (Å²) in [5.74, 6) is 0.138. The Hall–Kier alpha value is -2.94. The van der Waals surface area contributed by atoms with E-state index < -0.39 is 12.0 Å². The number of nitrogens with two attached hydrogens (primary N) is 1. The number of thioether (sulfide) groups is 1. The molecule has 1 aliphatic rings. The molecule has 3 N–H and O–H groups in total. The first-order valence-corrected chi connectivity index (χ1v) is 11.4.